The van der Waals surface area contributed by atoms with E-state index >= 15 is 0 Å². The molecule has 0 unspecified atom stereocenters. The van der Waals surface area contributed by atoms with Gasteiger partial charge >= 0.3 is 0 Å². The highest BCUT2D eigenvalue weighted by Crippen LogP contribution is 2.30. The summed E-state index contributed by atoms with van der Waals surface area (Å²) in [7, 11) is 0. The zero-order valence-corrected chi connectivity index (χ0v) is 13.6. The van der Waals surface area contributed by atoms with Gasteiger partial charge in [-0.25, -0.2) is 4.98 Å². The van der Waals surface area contributed by atoms with Crippen molar-refractivity contribution in [3.63, 3.8) is 0 Å². The average molecular weight is 331 g/mol. The van der Waals surface area contributed by atoms with Crippen LogP contribution in [-0.4, -0.2) is 14.5 Å². The van der Waals surface area contributed by atoms with E-state index in [1.807, 2.05) is 4.57 Å². The topological polar surface area (TPSA) is 83.6 Å². The molecule has 0 atom stereocenters. The SMILES string of the molecule is N#Cc1ccc(Nc2ncc3ccc(=O)n(C4CCCC4)c3n2)cc1. The Hall–Kier alpha value is -3.20. The van der Waals surface area contributed by atoms with Gasteiger partial charge in [-0.3, -0.25) is 9.36 Å². The van der Waals surface area contributed by atoms with Crippen molar-refractivity contribution in [2.45, 2.75) is 31.7 Å². The van der Waals surface area contributed by atoms with Gasteiger partial charge in [-0.2, -0.15) is 10.2 Å². The first-order valence-corrected chi connectivity index (χ1v) is 8.40. The van der Waals surface area contributed by atoms with Crippen LogP contribution in [0.15, 0.2) is 47.4 Å². The van der Waals surface area contributed by atoms with Gasteiger partial charge in [0.15, 0.2) is 0 Å². The number of aromatic nitrogens is 3. The van der Waals surface area contributed by atoms with Crippen LogP contribution in [-0.2, 0) is 0 Å². The molecule has 0 bridgehead atoms. The maximum atomic E-state index is 12.4. The molecule has 4 rings (SSSR count). The van der Waals surface area contributed by atoms with Crippen LogP contribution in [0.2, 0.25) is 0 Å². The molecule has 1 N–H and O–H groups in total. The summed E-state index contributed by atoms with van der Waals surface area (Å²) in [6.07, 6.45) is 6.06. The minimum Gasteiger partial charge on any atom is -0.324 e. The Labute approximate surface area is 144 Å². The second-order valence-electron chi connectivity index (χ2n) is 6.27. The fraction of sp³-hybridized carbons (Fsp3) is 0.263. The predicted molar refractivity (Wildman–Crippen MR) is 95.7 cm³/mol. The van der Waals surface area contributed by atoms with E-state index in [1.165, 1.54) is 0 Å². The molecule has 0 radical (unpaired) electrons. The molecule has 6 heteroatoms. The first kappa shape index (κ1) is 15.3. The van der Waals surface area contributed by atoms with Gasteiger partial charge in [-0.1, -0.05) is 12.8 Å². The third kappa shape index (κ3) is 2.96. The van der Waals surface area contributed by atoms with Crippen LogP contribution < -0.4 is 10.9 Å². The van der Waals surface area contributed by atoms with Crippen molar-refractivity contribution in [1.29, 1.82) is 5.26 Å². The van der Waals surface area contributed by atoms with Crippen molar-refractivity contribution in [2.24, 2.45) is 0 Å². The van der Waals surface area contributed by atoms with Crippen molar-refractivity contribution in [2.75, 3.05) is 5.32 Å². The summed E-state index contributed by atoms with van der Waals surface area (Å²) < 4.78 is 1.81. The minimum absolute atomic E-state index is 0.0116. The van der Waals surface area contributed by atoms with Crippen LogP contribution >= 0.6 is 0 Å². The fourth-order valence-corrected chi connectivity index (χ4v) is 3.37. The number of anilines is 2. The van der Waals surface area contributed by atoms with Gasteiger partial charge in [0.05, 0.1) is 11.6 Å². The van der Waals surface area contributed by atoms with Crippen LogP contribution in [0.4, 0.5) is 11.6 Å². The lowest BCUT2D eigenvalue weighted by Crippen LogP contribution is -2.23. The Morgan fingerprint density at radius 1 is 1.12 bits per heavy atom. The highest BCUT2D eigenvalue weighted by atomic mass is 16.1. The molecule has 0 saturated heterocycles. The summed E-state index contributed by atoms with van der Waals surface area (Å²) in [5, 5.41) is 12.9. The number of nitrogens with one attached hydrogen (secondary N) is 1. The number of fused-ring (bicyclic) bond motifs is 1. The molecule has 0 spiro atoms. The Morgan fingerprint density at radius 2 is 1.88 bits per heavy atom. The summed E-state index contributed by atoms with van der Waals surface area (Å²) in [4.78, 5) is 21.3. The van der Waals surface area contributed by atoms with Crippen LogP contribution in [0, 0.1) is 11.3 Å². The molecule has 25 heavy (non-hydrogen) atoms. The number of nitriles is 1. The van der Waals surface area contributed by atoms with E-state index in [-0.39, 0.29) is 11.6 Å². The van der Waals surface area contributed by atoms with Crippen molar-refractivity contribution in [3.8, 4) is 6.07 Å². The largest absolute Gasteiger partial charge is 0.324 e. The molecule has 6 nitrogen and oxygen atoms in total. The maximum Gasteiger partial charge on any atom is 0.252 e. The number of nitrogens with zero attached hydrogens (tertiary/aromatic N) is 4. The first-order valence-electron chi connectivity index (χ1n) is 8.40. The Morgan fingerprint density at radius 3 is 2.60 bits per heavy atom. The smallest absolute Gasteiger partial charge is 0.252 e. The van der Waals surface area contributed by atoms with E-state index < -0.39 is 0 Å². The molecule has 3 aromatic rings. The number of rotatable bonds is 3. The van der Waals surface area contributed by atoms with Crippen LogP contribution in [0.3, 0.4) is 0 Å². The van der Waals surface area contributed by atoms with Gasteiger partial charge in [-0.05, 0) is 43.2 Å². The fourth-order valence-electron chi connectivity index (χ4n) is 3.37. The molecule has 2 heterocycles. The zero-order chi connectivity index (χ0) is 17.2. The van der Waals surface area contributed by atoms with Crippen molar-refractivity contribution < 1.29 is 0 Å². The van der Waals surface area contributed by atoms with Crippen molar-refractivity contribution in [3.05, 3.63) is 58.5 Å². The normalized spacial score (nSPS) is 14.5. The van der Waals surface area contributed by atoms with Gasteiger partial charge in [0, 0.05) is 29.4 Å². The molecular weight excluding hydrogens is 314 g/mol. The molecule has 2 aromatic heterocycles. The Bertz CT molecular complexity index is 1010. The van der Waals surface area contributed by atoms with Gasteiger partial charge in [0.2, 0.25) is 5.95 Å². The van der Waals surface area contributed by atoms with E-state index in [0.29, 0.717) is 17.2 Å². The minimum atomic E-state index is -0.0116. The highest BCUT2D eigenvalue weighted by Gasteiger charge is 2.20. The van der Waals surface area contributed by atoms with E-state index in [4.69, 9.17) is 5.26 Å². The lowest BCUT2D eigenvalue weighted by Gasteiger charge is -2.16. The summed E-state index contributed by atoms with van der Waals surface area (Å²) in [5.74, 6) is 0.439. The van der Waals surface area contributed by atoms with Crippen LogP contribution in [0.5, 0.6) is 0 Å². The second kappa shape index (κ2) is 6.36. The van der Waals surface area contributed by atoms with E-state index in [1.54, 1.807) is 42.6 Å². The highest BCUT2D eigenvalue weighted by molar-refractivity contribution is 5.75. The number of hydrogen-bond acceptors (Lipinski definition) is 5. The number of benzene rings is 1. The molecule has 1 aliphatic rings. The maximum absolute atomic E-state index is 12.4. The molecular formula is C19H17N5O. The third-order valence-electron chi connectivity index (χ3n) is 4.63. The monoisotopic (exact) mass is 331 g/mol. The predicted octanol–water partition coefficient (Wildman–Crippen LogP) is 3.52. The van der Waals surface area contributed by atoms with E-state index in [0.717, 1.165) is 36.8 Å². The van der Waals surface area contributed by atoms with Crippen molar-refractivity contribution >= 4 is 22.7 Å². The molecule has 0 amide bonds. The molecule has 1 aromatic carbocycles. The Kier molecular flexibility index (Phi) is 3.90. The average Bonchev–Trinajstić information content (AvgIpc) is 3.16. The quantitative estimate of drug-likeness (QED) is 0.794. The second-order valence-corrected chi connectivity index (χ2v) is 6.27. The van der Waals surface area contributed by atoms with Gasteiger partial charge in [0.1, 0.15) is 5.65 Å². The van der Waals surface area contributed by atoms with E-state index in [9.17, 15) is 4.79 Å². The molecule has 1 aliphatic carbocycles. The summed E-state index contributed by atoms with van der Waals surface area (Å²) in [6, 6.07) is 12.8. The number of pyridine rings is 1. The molecule has 1 saturated carbocycles. The zero-order valence-electron chi connectivity index (χ0n) is 13.6. The lowest BCUT2D eigenvalue weighted by molar-refractivity contribution is 0.516. The van der Waals surface area contributed by atoms with Gasteiger partial charge < -0.3 is 5.32 Å². The third-order valence-corrected chi connectivity index (χ3v) is 4.63. The van der Waals surface area contributed by atoms with Gasteiger partial charge in [-0.15, -0.1) is 0 Å². The Balaban J connectivity index is 1.74. The molecule has 0 aliphatic heterocycles. The van der Waals surface area contributed by atoms with Crippen LogP contribution in [0.1, 0.15) is 37.3 Å². The van der Waals surface area contributed by atoms with E-state index in [2.05, 4.69) is 21.4 Å². The summed E-state index contributed by atoms with van der Waals surface area (Å²) in [5.41, 5.74) is 2.05. The summed E-state index contributed by atoms with van der Waals surface area (Å²) >= 11 is 0. The van der Waals surface area contributed by atoms with Gasteiger partial charge in [0.25, 0.3) is 5.56 Å². The van der Waals surface area contributed by atoms with Crippen LogP contribution in [0.25, 0.3) is 11.0 Å². The molecule has 1 fully saturated rings. The van der Waals surface area contributed by atoms with Crippen molar-refractivity contribution in [1.82, 2.24) is 14.5 Å². The lowest BCUT2D eigenvalue weighted by atomic mass is 10.2. The first-order chi connectivity index (χ1) is 12.2. The summed E-state index contributed by atoms with van der Waals surface area (Å²) in [6.45, 7) is 0. The standard InChI is InChI=1S/C19H17N5O/c20-11-13-5-8-15(9-6-13)22-19-21-12-14-7-10-17(25)24(18(14)23-19)16-3-1-2-4-16/h5-10,12,16H,1-4H2,(H,21,22,23). The number of hydrogen-bond donors (Lipinski definition) is 1. The molecule has 124 valence electrons.